The van der Waals surface area contributed by atoms with Crippen molar-refractivity contribution in [2.75, 3.05) is 19.7 Å². The van der Waals surface area contributed by atoms with Crippen molar-refractivity contribution in [2.24, 2.45) is 10.9 Å². The van der Waals surface area contributed by atoms with E-state index in [0.29, 0.717) is 13.2 Å². The van der Waals surface area contributed by atoms with Gasteiger partial charge in [0.2, 0.25) is 0 Å². The zero-order chi connectivity index (χ0) is 13.1. The second kappa shape index (κ2) is 5.28. The molecule has 0 radical (unpaired) electrons. The molecular formula is C10H12ClN3O4. The number of hydrogen-bond donors (Lipinski definition) is 2. The van der Waals surface area contributed by atoms with Crippen LogP contribution in [0.25, 0.3) is 0 Å². The summed E-state index contributed by atoms with van der Waals surface area (Å²) in [4.78, 5) is 13.5. The average molecular weight is 274 g/mol. The van der Waals surface area contributed by atoms with Gasteiger partial charge in [-0.15, -0.1) is 0 Å². The van der Waals surface area contributed by atoms with E-state index in [4.69, 9.17) is 31.7 Å². The van der Waals surface area contributed by atoms with Crippen molar-refractivity contribution in [3.05, 3.63) is 23.1 Å². The Bertz CT molecular complexity index is 473. The zero-order valence-electron chi connectivity index (χ0n) is 9.38. The van der Waals surface area contributed by atoms with E-state index in [1.54, 1.807) is 0 Å². The average Bonchev–Trinajstić information content (AvgIpc) is 2.83. The monoisotopic (exact) mass is 273 g/mol. The van der Waals surface area contributed by atoms with Gasteiger partial charge in [-0.25, -0.2) is 0 Å². The van der Waals surface area contributed by atoms with Crippen molar-refractivity contribution in [3.63, 3.8) is 0 Å². The number of carbonyl (C=O) groups excluding carboxylic acids is 1. The summed E-state index contributed by atoms with van der Waals surface area (Å²) < 4.78 is 10.3. The number of amides is 1. The molecule has 0 spiro atoms. The molecule has 0 saturated carbocycles. The Morgan fingerprint density at radius 2 is 2.39 bits per heavy atom. The number of amidine groups is 1. The number of furan rings is 1. The van der Waals surface area contributed by atoms with Crippen LogP contribution in [0, 0.1) is 0 Å². The quantitative estimate of drug-likeness (QED) is 0.354. The minimum Gasteiger partial charge on any atom is -0.440 e. The van der Waals surface area contributed by atoms with Crippen molar-refractivity contribution < 1.29 is 19.2 Å². The molecule has 8 heteroatoms. The lowest BCUT2D eigenvalue weighted by molar-refractivity contribution is 0.00535. The molecule has 3 N–H and O–H groups in total. The van der Waals surface area contributed by atoms with Gasteiger partial charge >= 0.3 is 0 Å². The summed E-state index contributed by atoms with van der Waals surface area (Å²) >= 11 is 5.61. The van der Waals surface area contributed by atoms with Crippen LogP contribution in [-0.2, 0) is 4.74 Å². The summed E-state index contributed by atoms with van der Waals surface area (Å²) in [6.45, 7) is 0.917. The number of oxime groups is 1. The molecule has 0 bridgehead atoms. The smallest absolute Gasteiger partial charge is 0.289 e. The van der Waals surface area contributed by atoms with Gasteiger partial charge in [0.1, 0.15) is 6.10 Å². The van der Waals surface area contributed by atoms with Gasteiger partial charge in [-0.2, -0.15) is 0 Å². The van der Waals surface area contributed by atoms with E-state index < -0.39 is 6.10 Å². The summed E-state index contributed by atoms with van der Waals surface area (Å²) in [5, 5.41) is 11.6. The Hall–Kier alpha value is -1.73. The zero-order valence-corrected chi connectivity index (χ0v) is 10.1. The van der Waals surface area contributed by atoms with E-state index in [1.807, 2.05) is 0 Å². The van der Waals surface area contributed by atoms with Crippen LogP contribution in [-0.4, -0.2) is 47.7 Å². The molecule has 1 fully saturated rings. The van der Waals surface area contributed by atoms with Gasteiger partial charge in [0.05, 0.1) is 13.2 Å². The van der Waals surface area contributed by atoms with Gasteiger partial charge in [0.15, 0.2) is 16.8 Å². The highest BCUT2D eigenvalue weighted by Crippen LogP contribution is 2.16. The molecule has 2 heterocycles. The number of rotatable bonds is 2. The minimum absolute atomic E-state index is 0.0648. The first-order chi connectivity index (χ1) is 8.61. The topological polar surface area (TPSA) is 101 Å². The Kier molecular flexibility index (Phi) is 3.73. The van der Waals surface area contributed by atoms with Crippen molar-refractivity contribution in [3.8, 4) is 0 Å². The standard InChI is InChI=1S/C10H12ClN3O4/c11-8-2-1-6(18-8)10(15)14-3-4-17-7(5-14)9(12)13-16/h1-2,7,16H,3-5H2,(H2,12,13). The van der Waals surface area contributed by atoms with Crippen molar-refractivity contribution in [1.29, 1.82) is 0 Å². The van der Waals surface area contributed by atoms with E-state index in [-0.39, 0.29) is 29.3 Å². The Morgan fingerprint density at radius 3 is 3.00 bits per heavy atom. The third-order valence-electron chi connectivity index (χ3n) is 2.58. The largest absolute Gasteiger partial charge is 0.440 e. The lowest BCUT2D eigenvalue weighted by atomic mass is 10.2. The molecule has 1 amide bonds. The molecule has 2 rings (SSSR count). The first kappa shape index (κ1) is 12.7. The fraction of sp³-hybridized carbons (Fsp3) is 0.400. The lowest BCUT2D eigenvalue weighted by Crippen LogP contribution is -2.50. The molecule has 1 atom stereocenters. The number of carbonyl (C=O) groups is 1. The maximum Gasteiger partial charge on any atom is 0.289 e. The van der Waals surface area contributed by atoms with E-state index in [1.165, 1.54) is 17.0 Å². The van der Waals surface area contributed by atoms with Crippen LogP contribution in [0.15, 0.2) is 21.7 Å². The number of nitrogens with zero attached hydrogens (tertiary/aromatic N) is 2. The molecule has 0 aromatic carbocycles. The summed E-state index contributed by atoms with van der Waals surface area (Å²) in [5.74, 6) is -0.217. The summed E-state index contributed by atoms with van der Waals surface area (Å²) in [6.07, 6.45) is -0.613. The minimum atomic E-state index is -0.613. The number of morpholine rings is 1. The van der Waals surface area contributed by atoms with Gasteiger partial charge < -0.3 is 25.0 Å². The molecule has 18 heavy (non-hydrogen) atoms. The molecule has 98 valence electrons. The molecule has 1 aromatic heterocycles. The molecule has 1 aromatic rings. The third kappa shape index (κ3) is 2.57. The van der Waals surface area contributed by atoms with Gasteiger partial charge in [0, 0.05) is 6.54 Å². The molecule has 7 nitrogen and oxygen atoms in total. The Balaban J connectivity index is 2.07. The maximum atomic E-state index is 12.0. The summed E-state index contributed by atoms with van der Waals surface area (Å²) in [6, 6.07) is 2.99. The van der Waals surface area contributed by atoms with E-state index >= 15 is 0 Å². The fourth-order valence-electron chi connectivity index (χ4n) is 1.66. The molecular weight excluding hydrogens is 262 g/mol. The SMILES string of the molecule is N/C(=N/O)C1CN(C(=O)c2ccc(Cl)o2)CCO1. The Morgan fingerprint density at radius 1 is 1.61 bits per heavy atom. The van der Waals surface area contributed by atoms with E-state index in [2.05, 4.69) is 5.16 Å². The molecule has 1 aliphatic heterocycles. The van der Waals surface area contributed by atoms with Gasteiger partial charge in [-0.1, -0.05) is 5.16 Å². The van der Waals surface area contributed by atoms with E-state index in [9.17, 15) is 4.79 Å². The first-order valence-electron chi connectivity index (χ1n) is 5.25. The highest BCUT2D eigenvalue weighted by molar-refractivity contribution is 6.29. The van der Waals surface area contributed by atoms with Gasteiger partial charge in [0.25, 0.3) is 5.91 Å². The molecule has 1 unspecified atom stereocenters. The molecule has 1 saturated heterocycles. The maximum absolute atomic E-state index is 12.0. The van der Waals surface area contributed by atoms with Crippen molar-refractivity contribution in [1.82, 2.24) is 4.90 Å². The highest BCUT2D eigenvalue weighted by Gasteiger charge is 2.28. The number of hydrogen-bond acceptors (Lipinski definition) is 5. The van der Waals surface area contributed by atoms with Crippen LogP contribution < -0.4 is 5.73 Å². The Labute approximate surface area is 108 Å². The summed E-state index contributed by atoms with van der Waals surface area (Å²) in [5.41, 5.74) is 5.45. The summed E-state index contributed by atoms with van der Waals surface area (Å²) in [7, 11) is 0. The fourth-order valence-corrected chi connectivity index (χ4v) is 1.81. The normalized spacial score (nSPS) is 21.1. The molecule has 0 aliphatic carbocycles. The van der Waals surface area contributed by atoms with Gasteiger partial charge in [-0.3, -0.25) is 4.79 Å². The van der Waals surface area contributed by atoms with Crippen LogP contribution in [0.3, 0.4) is 0 Å². The number of halogens is 1. The van der Waals surface area contributed by atoms with Crippen molar-refractivity contribution in [2.45, 2.75) is 6.10 Å². The predicted molar refractivity (Wildman–Crippen MR) is 62.8 cm³/mol. The van der Waals surface area contributed by atoms with Crippen molar-refractivity contribution >= 4 is 23.3 Å². The number of ether oxygens (including phenoxy) is 1. The van der Waals surface area contributed by atoms with Crippen LogP contribution in [0.2, 0.25) is 5.22 Å². The predicted octanol–water partition coefficient (Wildman–Crippen LogP) is 0.520. The lowest BCUT2D eigenvalue weighted by Gasteiger charge is -2.31. The van der Waals surface area contributed by atoms with Gasteiger partial charge in [-0.05, 0) is 23.7 Å². The molecule has 1 aliphatic rings. The van der Waals surface area contributed by atoms with Crippen LogP contribution in [0.4, 0.5) is 0 Å². The van der Waals surface area contributed by atoms with Crippen LogP contribution in [0.5, 0.6) is 0 Å². The third-order valence-corrected chi connectivity index (χ3v) is 2.79. The van der Waals surface area contributed by atoms with Crippen LogP contribution >= 0.6 is 11.6 Å². The second-order valence-electron chi connectivity index (χ2n) is 3.74. The van der Waals surface area contributed by atoms with E-state index in [0.717, 1.165) is 0 Å². The first-order valence-corrected chi connectivity index (χ1v) is 5.63. The number of nitrogens with two attached hydrogens (primary N) is 1. The highest BCUT2D eigenvalue weighted by atomic mass is 35.5. The van der Waals surface area contributed by atoms with Crippen LogP contribution in [0.1, 0.15) is 10.6 Å². The second-order valence-corrected chi connectivity index (χ2v) is 4.11.